The van der Waals surface area contributed by atoms with Crippen molar-refractivity contribution in [2.24, 2.45) is 0 Å². The van der Waals surface area contributed by atoms with Crippen LogP contribution in [0.15, 0.2) is 0 Å². The highest BCUT2D eigenvalue weighted by Gasteiger charge is 2.36. The van der Waals surface area contributed by atoms with E-state index in [1.807, 2.05) is 0 Å². The molecule has 7 nitrogen and oxygen atoms in total. The summed E-state index contributed by atoms with van der Waals surface area (Å²) in [6.45, 7) is 2.81. The molecule has 8 heteroatoms. The summed E-state index contributed by atoms with van der Waals surface area (Å²) < 4.78 is 0. The Morgan fingerprint density at radius 3 is 2.83 bits per heavy atom. The van der Waals surface area contributed by atoms with Gasteiger partial charge in [0, 0.05) is 19.1 Å². The average molecular weight is 259 g/mol. The average Bonchev–Trinajstić information content (AvgIpc) is 2.96. The molecule has 2 atom stereocenters. The van der Waals surface area contributed by atoms with Gasteiger partial charge >= 0.3 is 7.12 Å². The van der Waals surface area contributed by atoms with Crippen LogP contribution in [0.2, 0.25) is 0 Å². The number of carbonyl (C=O) groups is 1. The van der Waals surface area contributed by atoms with E-state index in [1.54, 1.807) is 4.90 Å². The maximum atomic E-state index is 11.9. The number of hydrogen-bond acceptors (Lipinski definition) is 5. The van der Waals surface area contributed by atoms with E-state index in [9.17, 15) is 14.8 Å². The molecule has 0 aromatic rings. The second-order valence-corrected chi connectivity index (χ2v) is 4.78. The van der Waals surface area contributed by atoms with Crippen molar-refractivity contribution in [2.45, 2.75) is 31.2 Å². The predicted octanol–water partition coefficient (Wildman–Crippen LogP) is -2.88. The summed E-state index contributed by atoms with van der Waals surface area (Å²) in [5, 5.41) is 24.8. The molecule has 2 aliphatic rings. The number of rotatable bonds is 4. The highest BCUT2D eigenvalue weighted by atomic mass is 16.4. The molecule has 0 spiro atoms. The van der Waals surface area contributed by atoms with Crippen LogP contribution in [-0.2, 0) is 4.79 Å². The fourth-order valence-electron chi connectivity index (χ4n) is 2.57. The van der Waals surface area contributed by atoms with Gasteiger partial charge in [0.15, 0.2) is 0 Å². The van der Waals surface area contributed by atoms with Gasteiger partial charge in [-0.3, -0.25) is 4.79 Å². The minimum Gasteiger partial charge on any atom is -0.426 e. The molecule has 1 amide bonds. The van der Waals surface area contributed by atoms with Crippen molar-refractivity contribution in [2.75, 3.05) is 26.2 Å². The largest absolute Gasteiger partial charge is 0.475 e. The number of amides is 1. The van der Waals surface area contributed by atoms with Crippen LogP contribution in [0.1, 0.15) is 19.3 Å². The molecule has 2 aliphatic heterocycles. The maximum absolute atomic E-state index is 11.9. The third-order valence-electron chi connectivity index (χ3n) is 3.57. The molecule has 2 heterocycles. The standard InChI is InChI=1S/C10H20BN3O3.H2O/c15-10(7-13-8-3-4-12-6-8)14-5-1-2-9(14)11(16)17;/h8-9,12-13,16-17H,1-7H2;1H2/t8-,9+;/m1./s1. The van der Waals surface area contributed by atoms with Gasteiger partial charge in [-0.05, 0) is 25.8 Å². The number of hydrogen-bond donors (Lipinski definition) is 4. The first-order valence-corrected chi connectivity index (χ1v) is 6.28. The molecule has 18 heavy (non-hydrogen) atoms. The van der Waals surface area contributed by atoms with Crippen molar-refractivity contribution in [1.29, 1.82) is 0 Å². The second-order valence-electron chi connectivity index (χ2n) is 4.78. The van der Waals surface area contributed by atoms with Crippen molar-refractivity contribution in [3.05, 3.63) is 0 Å². The van der Waals surface area contributed by atoms with Crippen LogP contribution < -0.4 is 10.6 Å². The topological polar surface area (TPSA) is 116 Å². The molecule has 2 rings (SSSR count). The number of likely N-dealkylation sites (tertiary alicyclic amines) is 1. The lowest BCUT2D eigenvalue weighted by molar-refractivity contribution is -0.130. The molecule has 0 unspecified atom stereocenters. The van der Waals surface area contributed by atoms with Crippen LogP contribution in [0, 0.1) is 0 Å². The molecule has 0 aliphatic carbocycles. The zero-order valence-corrected chi connectivity index (χ0v) is 10.4. The molecule has 0 saturated carbocycles. The monoisotopic (exact) mass is 259 g/mol. The highest BCUT2D eigenvalue weighted by Crippen LogP contribution is 2.17. The number of nitrogens with zero attached hydrogens (tertiary/aromatic N) is 1. The Hall–Kier alpha value is -0.665. The van der Waals surface area contributed by atoms with Gasteiger partial charge in [-0.25, -0.2) is 0 Å². The first kappa shape index (κ1) is 15.4. The van der Waals surface area contributed by atoms with Crippen LogP contribution in [0.5, 0.6) is 0 Å². The minimum absolute atomic E-state index is 0. The van der Waals surface area contributed by atoms with E-state index in [-0.39, 0.29) is 17.9 Å². The molecule has 2 saturated heterocycles. The van der Waals surface area contributed by atoms with E-state index in [4.69, 9.17) is 0 Å². The van der Waals surface area contributed by atoms with Gasteiger partial charge in [0.25, 0.3) is 0 Å². The SMILES string of the molecule is O.O=C(CN[C@@H]1CCNC1)N1CCC[C@H]1B(O)O. The Morgan fingerprint density at radius 1 is 1.44 bits per heavy atom. The third kappa shape index (κ3) is 3.66. The molecular formula is C10H22BN3O4. The van der Waals surface area contributed by atoms with Gasteiger partial charge in [0.1, 0.15) is 0 Å². The normalized spacial score (nSPS) is 27.1. The summed E-state index contributed by atoms with van der Waals surface area (Å²) in [5.41, 5.74) is 0. The van der Waals surface area contributed by atoms with E-state index in [0.717, 1.165) is 25.9 Å². The molecular weight excluding hydrogens is 237 g/mol. The zero-order valence-electron chi connectivity index (χ0n) is 10.4. The molecule has 0 aromatic carbocycles. The first-order valence-electron chi connectivity index (χ1n) is 6.28. The van der Waals surface area contributed by atoms with Crippen LogP contribution in [-0.4, -0.2) is 71.6 Å². The quantitative estimate of drug-likeness (QED) is 0.404. The first-order chi connectivity index (χ1) is 8.18. The molecule has 104 valence electrons. The smallest absolute Gasteiger partial charge is 0.426 e. The lowest BCUT2D eigenvalue weighted by Crippen LogP contribution is -2.49. The summed E-state index contributed by atoms with van der Waals surface area (Å²) in [7, 11) is -1.42. The summed E-state index contributed by atoms with van der Waals surface area (Å²) in [6, 6.07) is 0.360. The summed E-state index contributed by atoms with van der Waals surface area (Å²) in [4.78, 5) is 13.5. The zero-order chi connectivity index (χ0) is 12.3. The highest BCUT2D eigenvalue weighted by molar-refractivity contribution is 6.43. The molecule has 0 aromatic heterocycles. The van der Waals surface area contributed by atoms with Gasteiger partial charge in [0.05, 0.1) is 12.5 Å². The van der Waals surface area contributed by atoms with Crippen molar-refractivity contribution < 1.29 is 20.3 Å². The van der Waals surface area contributed by atoms with E-state index in [2.05, 4.69) is 10.6 Å². The van der Waals surface area contributed by atoms with Gasteiger partial charge in [0.2, 0.25) is 5.91 Å². The minimum atomic E-state index is -1.42. The fourth-order valence-corrected chi connectivity index (χ4v) is 2.57. The molecule has 0 bridgehead atoms. The van der Waals surface area contributed by atoms with Gasteiger partial charge in [-0.1, -0.05) is 0 Å². The van der Waals surface area contributed by atoms with Crippen molar-refractivity contribution in [3.8, 4) is 0 Å². The van der Waals surface area contributed by atoms with Crippen LogP contribution >= 0.6 is 0 Å². The van der Waals surface area contributed by atoms with Crippen LogP contribution in [0.3, 0.4) is 0 Å². The Kier molecular flexibility index (Phi) is 6.03. The third-order valence-corrected chi connectivity index (χ3v) is 3.57. The van der Waals surface area contributed by atoms with Crippen molar-refractivity contribution in [1.82, 2.24) is 15.5 Å². The summed E-state index contributed by atoms with van der Waals surface area (Å²) in [6.07, 6.45) is 2.56. The van der Waals surface area contributed by atoms with E-state index < -0.39 is 13.1 Å². The summed E-state index contributed by atoms with van der Waals surface area (Å²) in [5.74, 6) is -0.460. The Bertz CT molecular complexity index is 274. The van der Waals surface area contributed by atoms with Gasteiger partial charge < -0.3 is 31.1 Å². The van der Waals surface area contributed by atoms with Crippen LogP contribution in [0.25, 0.3) is 0 Å². The van der Waals surface area contributed by atoms with E-state index in [1.165, 1.54) is 0 Å². The molecule has 6 N–H and O–H groups in total. The van der Waals surface area contributed by atoms with Gasteiger partial charge in [-0.15, -0.1) is 0 Å². The number of nitrogens with one attached hydrogen (secondary N) is 2. The second kappa shape index (κ2) is 7.05. The maximum Gasteiger partial charge on any atom is 0.475 e. The van der Waals surface area contributed by atoms with E-state index in [0.29, 0.717) is 19.0 Å². The lowest BCUT2D eigenvalue weighted by Gasteiger charge is -2.24. The molecule has 0 radical (unpaired) electrons. The lowest BCUT2D eigenvalue weighted by atomic mass is 9.78. The Morgan fingerprint density at radius 2 is 2.22 bits per heavy atom. The van der Waals surface area contributed by atoms with Crippen LogP contribution in [0.4, 0.5) is 0 Å². The van der Waals surface area contributed by atoms with Gasteiger partial charge in [-0.2, -0.15) is 0 Å². The Labute approximate surface area is 107 Å². The number of carbonyl (C=O) groups excluding carboxylic acids is 1. The van der Waals surface area contributed by atoms with Crippen molar-refractivity contribution in [3.63, 3.8) is 0 Å². The molecule has 2 fully saturated rings. The predicted molar refractivity (Wildman–Crippen MR) is 67.8 cm³/mol. The Balaban J connectivity index is 0.00000162. The summed E-state index contributed by atoms with van der Waals surface area (Å²) >= 11 is 0. The van der Waals surface area contributed by atoms with E-state index >= 15 is 0 Å². The fraction of sp³-hybridized carbons (Fsp3) is 0.900. The van der Waals surface area contributed by atoms with Crippen molar-refractivity contribution >= 4 is 13.0 Å².